The molecule has 0 aliphatic carbocycles. The predicted octanol–water partition coefficient (Wildman–Crippen LogP) is 2.07. The molecule has 15 heteroatoms. The van der Waals surface area contributed by atoms with Crippen LogP contribution >= 0.6 is 0 Å². The average molecular weight is 642 g/mol. The van der Waals surface area contributed by atoms with Crippen molar-refractivity contribution >= 4 is 23.0 Å². The highest BCUT2D eigenvalue weighted by atomic mass is 16.7. The van der Waals surface area contributed by atoms with Gasteiger partial charge in [0.25, 0.3) is 0 Å². The van der Waals surface area contributed by atoms with Crippen molar-refractivity contribution in [2.75, 3.05) is 13.7 Å². The van der Waals surface area contributed by atoms with Crippen LogP contribution in [0.25, 0.3) is 28.4 Å². The molecule has 15 nitrogen and oxygen atoms in total. The van der Waals surface area contributed by atoms with Crippen LogP contribution in [0.2, 0.25) is 0 Å². The topological polar surface area (TPSA) is 247 Å². The lowest BCUT2D eigenvalue weighted by molar-refractivity contribution is -0.278. The SMILES string of the molecule is COc1cc(-c2[o+]c3cc(O)cc(O)c3cc2O[C@@H]2O[C@H](COC(=O)/C=C/c3ccc(O)c(O)c3)[C@H](O)[C@H](O)[C@H]2O)cc(O)c1O. The summed E-state index contributed by atoms with van der Waals surface area (Å²) in [7, 11) is 1.24. The number of carbonyl (C=O) groups excluding carboxylic acids is 1. The molecule has 0 radical (unpaired) electrons. The van der Waals surface area contributed by atoms with E-state index < -0.39 is 66.3 Å². The van der Waals surface area contributed by atoms with E-state index in [1.807, 2.05) is 0 Å². The molecule has 0 saturated carbocycles. The third kappa shape index (κ3) is 6.47. The van der Waals surface area contributed by atoms with Crippen molar-refractivity contribution in [3.05, 3.63) is 60.2 Å². The maximum atomic E-state index is 12.3. The summed E-state index contributed by atoms with van der Waals surface area (Å²) in [6.45, 7) is -0.604. The Bertz CT molecular complexity index is 1800. The number of fused-ring (bicyclic) bond motifs is 1. The molecule has 1 saturated heterocycles. The third-order valence-electron chi connectivity index (χ3n) is 7.07. The molecule has 0 bridgehead atoms. The molecule has 242 valence electrons. The standard InChI is InChI=1S/C31H28O15/c1-42-22-8-14(7-20(36)26(22)38)30-23(11-16-18(34)9-15(32)10-21(16)44-30)45-31-29(41)28(40)27(39)24(46-31)12-43-25(37)5-3-13-2-4-17(33)19(35)6-13/h2-11,24,27-29,31,39-41H,12H2,1H3,(H5-,32,33,34,35,36,37,38)/p+1/t24-,27+,28+,29-,31-/m1/s1. The number of benzene rings is 3. The van der Waals surface area contributed by atoms with E-state index in [-0.39, 0.29) is 45.3 Å². The fourth-order valence-electron chi connectivity index (χ4n) is 4.65. The van der Waals surface area contributed by atoms with E-state index in [4.69, 9.17) is 23.4 Å². The smallest absolute Gasteiger partial charge is 0.402 e. The Balaban J connectivity index is 1.42. The summed E-state index contributed by atoms with van der Waals surface area (Å²) in [5.74, 6) is -4.11. The van der Waals surface area contributed by atoms with Crippen molar-refractivity contribution in [1.82, 2.24) is 0 Å². The van der Waals surface area contributed by atoms with Crippen LogP contribution in [-0.4, -0.2) is 96.4 Å². The molecule has 2 heterocycles. The van der Waals surface area contributed by atoms with Crippen LogP contribution in [0.15, 0.2) is 59.0 Å². The molecule has 5 atom stereocenters. The fourth-order valence-corrected chi connectivity index (χ4v) is 4.65. The second kappa shape index (κ2) is 12.9. The molecule has 3 aromatic carbocycles. The molecule has 1 aliphatic heterocycles. The van der Waals surface area contributed by atoms with Crippen LogP contribution in [0.5, 0.6) is 46.0 Å². The molecule has 9 N–H and O–H groups in total. The van der Waals surface area contributed by atoms with Gasteiger partial charge >= 0.3 is 17.3 Å². The van der Waals surface area contributed by atoms with Gasteiger partial charge in [-0.25, -0.2) is 9.21 Å². The Hall–Kier alpha value is -5.48. The number of phenolic OH excluding ortho intramolecular Hbond substituents is 6. The lowest BCUT2D eigenvalue weighted by Crippen LogP contribution is -2.60. The van der Waals surface area contributed by atoms with Crippen LogP contribution in [0, 0.1) is 0 Å². The Kier molecular flexibility index (Phi) is 8.93. The van der Waals surface area contributed by atoms with E-state index in [1.165, 1.54) is 49.6 Å². The van der Waals surface area contributed by atoms with Crippen LogP contribution in [0.3, 0.4) is 0 Å². The van der Waals surface area contributed by atoms with E-state index in [0.29, 0.717) is 5.56 Å². The minimum Gasteiger partial charge on any atom is -0.507 e. The van der Waals surface area contributed by atoms with Gasteiger partial charge in [-0.15, -0.1) is 0 Å². The summed E-state index contributed by atoms with van der Waals surface area (Å²) in [5.41, 5.74) is 0.398. The summed E-state index contributed by atoms with van der Waals surface area (Å²) in [4.78, 5) is 12.3. The molecule has 0 amide bonds. The second-order valence-corrected chi connectivity index (χ2v) is 10.2. The lowest BCUT2D eigenvalue weighted by atomic mass is 9.99. The second-order valence-electron chi connectivity index (χ2n) is 10.2. The number of phenols is 6. The number of aliphatic hydroxyl groups is 3. The summed E-state index contributed by atoms with van der Waals surface area (Å²) in [6.07, 6.45) is -6.27. The largest absolute Gasteiger partial charge is 0.507 e. The molecular weight excluding hydrogens is 612 g/mol. The zero-order chi connectivity index (χ0) is 33.3. The van der Waals surface area contributed by atoms with Gasteiger partial charge in [0, 0.05) is 30.3 Å². The zero-order valence-electron chi connectivity index (χ0n) is 23.8. The maximum Gasteiger partial charge on any atom is 0.402 e. The first-order chi connectivity index (χ1) is 21.9. The van der Waals surface area contributed by atoms with Gasteiger partial charge in [0.15, 0.2) is 23.0 Å². The van der Waals surface area contributed by atoms with Crippen molar-refractivity contribution in [2.45, 2.75) is 30.7 Å². The van der Waals surface area contributed by atoms with Gasteiger partial charge in [0.2, 0.25) is 17.8 Å². The predicted molar refractivity (Wildman–Crippen MR) is 156 cm³/mol. The van der Waals surface area contributed by atoms with Gasteiger partial charge in [-0.1, -0.05) is 6.07 Å². The van der Waals surface area contributed by atoms with E-state index >= 15 is 0 Å². The van der Waals surface area contributed by atoms with Crippen molar-refractivity contribution in [2.24, 2.45) is 0 Å². The number of aromatic hydroxyl groups is 6. The molecule has 0 unspecified atom stereocenters. The van der Waals surface area contributed by atoms with Crippen LogP contribution < -0.4 is 9.47 Å². The lowest BCUT2D eigenvalue weighted by Gasteiger charge is -2.39. The van der Waals surface area contributed by atoms with Crippen LogP contribution in [0.4, 0.5) is 0 Å². The highest BCUT2D eigenvalue weighted by Crippen LogP contribution is 2.45. The van der Waals surface area contributed by atoms with Crippen molar-refractivity contribution in [3.63, 3.8) is 0 Å². The molecule has 1 aliphatic rings. The number of methoxy groups -OCH3 is 1. The molecule has 0 spiro atoms. The molecule has 5 rings (SSSR count). The third-order valence-corrected chi connectivity index (χ3v) is 7.07. The monoisotopic (exact) mass is 641 g/mol. The summed E-state index contributed by atoms with van der Waals surface area (Å²) >= 11 is 0. The average Bonchev–Trinajstić information content (AvgIpc) is 3.02. The first-order valence-corrected chi connectivity index (χ1v) is 13.5. The fraction of sp³-hybridized carbons (Fsp3) is 0.226. The van der Waals surface area contributed by atoms with E-state index in [0.717, 1.165) is 18.2 Å². The Labute approximate surface area is 259 Å². The molecule has 1 fully saturated rings. The highest BCUT2D eigenvalue weighted by Gasteiger charge is 2.46. The zero-order valence-corrected chi connectivity index (χ0v) is 23.8. The number of ether oxygens (including phenoxy) is 4. The minimum absolute atomic E-state index is 0.0349. The number of hydrogen-bond acceptors (Lipinski definition) is 14. The van der Waals surface area contributed by atoms with Gasteiger partial charge in [-0.3, -0.25) is 0 Å². The van der Waals surface area contributed by atoms with Crippen molar-refractivity contribution in [3.8, 4) is 57.3 Å². The first-order valence-electron chi connectivity index (χ1n) is 13.5. The van der Waals surface area contributed by atoms with Crippen LogP contribution in [-0.2, 0) is 14.3 Å². The minimum atomic E-state index is -1.86. The quantitative estimate of drug-likeness (QED) is 0.0578. The highest BCUT2D eigenvalue weighted by molar-refractivity contribution is 5.89. The number of carbonyl (C=O) groups is 1. The van der Waals surface area contributed by atoms with Gasteiger partial charge in [-0.2, -0.15) is 0 Å². The number of esters is 1. The first kappa shape index (κ1) is 31.9. The van der Waals surface area contributed by atoms with Gasteiger partial charge in [0.1, 0.15) is 47.9 Å². The van der Waals surface area contributed by atoms with E-state index in [1.54, 1.807) is 0 Å². The number of aliphatic hydroxyl groups excluding tert-OH is 3. The van der Waals surface area contributed by atoms with Gasteiger partial charge < -0.3 is 64.9 Å². The summed E-state index contributed by atoms with van der Waals surface area (Å²) in [5, 5.41) is 91.7. The van der Waals surface area contributed by atoms with Crippen molar-refractivity contribution < 1.29 is 74.1 Å². The Morgan fingerprint density at radius 1 is 0.848 bits per heavy atom. The van der Waals surface area contributed by atoms with Crippen LogP contribution in [0.1, 0.15) is 5.56 Å². The Morgan fingerprint density at radius 2 is 1.61 bits per heavy atom. The summed E-state index contributed by atoms with van der Waals surface area (Å²) in [6, 6.07) is 9.72. The Morgan fingerprint density at radius 3 is 2.33 bits per heavy atom. The van der Waals surface area contributed by atoms with Crippen molar-refractivity contribution in [1.29, 1.82) is 0 Å². The molecule has 46 heavy (non-hydrogen) atoms. The number of rotatable bonds is 8. The van der Waals surface area contributed by atoms with Gasteiger partial charge in [-0.05, 0) is 23.8 Å². The van der Waals surface area contributed by atoms with Gasteiger partial charge in [0.05, 0.1) is 18.7 Å². The normalized spacial score (nSPS) is 21.3. The molecule has 1 aromatic heterocycles. The summed E-state index contributed by atoms with van der Waals surface area (Å²) < 4.78 is 27.7. The van der Waals surface area contributed by atoms with E-state index in [9.17, 15) is 50.8 Å². The molecule has 4 aromatic rings. The molecular formula is C31H29O15+. The number of hydrogen-bond donors (Lipinski definition) is 9. The maximum absolute atomic E-state index is 12.3. The van der Waals surface area contributed by atoms with E-state index in [2.05, 4.69) is 0 Å².